The summed E-state index contributed by atoms with van der Waals surface area (Å²) >= 11 is 0. The second-order valence-electron chi connectivity index (χ2n) is 7.86. The minimum absolute atomic E-state index is 0.462. The molecule has 0 saturated carbocycles. The Balaban J connectivity index is 1.91. The van der Waals surface area contributed by atoms with Crippen LogP contribution in [0.3, 0.4) is 0 Å². The van der Waals surface area contributed by atoms with Crippen molar-refractivity contribution in [3.05, 3.63) is 83.3 Å². The molecule has 1 saturated heterocycles. The van der Waals surface area contributed by atoms with Crippen molar-refractivity contribution in [1.29, 1.82) is 0 Å². The van der Waals surface area contributed by atoms with Crippen LogP contribution in [0.2, 0.25) is 0 Å². The van der Waals surface area contributed by atoms with Crippen molar-refractivity contribution in [3.8, 4) is 0 Å². The van der Waals surface area contributed by atoms with Gasteiger partial charge in [0, 0.05) is 0 Å². The van der Waals surface area contributed by atoms with Crippen LogP contribution in [0, 0.1) is 0 Å². The van der Waals surface area contributed by atoms with E-state index in [1.54, 1.807) is 6.08 Å². The Morgan fingerprint density at radius 1 is 0.852 bits per heavy atom. The van der Waals surface area contributed by atoms with Gasteiger partial charge in [-0.25, -0.2) is 0 Å². The fourth-order valence-corrected chi connectivity index (χ4v) is 2.89. The van der Waals surface area contributed by atoms with Gasteiger partial charge in [0.15, 0.2) is 0 Å². The molecule has 1 atom stereocenters. The lowest BCUT2D eigenvalue weighted by Crippen LogP contribution is -2.41. The van der Waals surface area contributed by atoms with Crippen LogP contribution < -0.4 is 0 Å². The molecule has 3 rings (SSSR count). The predicted molar refractivity (Wildman–Crippen MR) is 112 cm³/mol. The van der Waals surface area contributed by atoms with Crippen LogP contribution in [0.25, 0.3) is 12.2 Å². The number of rotatable bonds is 5. The summed E-state index contributed by atoms with van der Waals surface area (Å²) < 4.78 is 12.4. The van der Waals surface area contributed by atoms with Gasteiger partial charge in [0.05, 0.1) is 17.3 Å². The van der Waals surface area contributed by atoms with Gasteiger partial charge in [-0.15, -0.1) is 0 Å². The monoisotopic (exact) mass is 362 g/mol. The smallest absolute Gasteiger partial charge is 0.399 e. The zero-order chi connectivity index (χ0) is 19.5. The standard InChI is InChI=1S/C23H27BO3/c1-22(2)23(3,4)27-24(26-22)20(17-19-13-9-6-10-14-19)21(25)16-15-18-11-7-5-8-12-18/h5-17,21,25H,1-4H3/b16-15+,20-17-. The van der Waals surface area contributed by atoms with Crippen molar-refractivity contribution in [2.24, 2.45) is 0 Å². The molecule has 1 heterocycles. The maximum atomic E-state index is 10.9. The number of aliphatic hydroxyl groups excluding tert-OH is 1. The highest BCUT2D eigenvalue weighted by Crippen LogP contribution is 2.39. The molecular weight excluding hydrogens is 335 g/mol. The van der Waals surface area contributed by atoms with E-state index in [4.69, 9.17) is 9.31 Å². The van der Waals surface area contributed by atoms with Gasteiger partial charge in [-0.05, 0) is 44.3 Å². The molecular formula is C23H27BO3. The lowest BCUT2D eigenvalue weighted by molar-refractivity contribution is 0.00578. The highest BCUT2D eigenvalue weighted by atomic mass is 16.7. The molecule has 1 N–H and O–H groups in total. The Labute approximate surface area is 162 Å². The van der Waals surface area contributed by atoms with Gasteiger partial charge in [0.2, 0.25) is 0 Å². The molecule has 27 heavy (non-hydrogen) atoms. The maximum Gasteiger partial charge on any atom is 0.493 e. The SMILES string of the molecule is CC1(C)OB(/C(=C\c2ccccc2)C(O)/C=C/c2ccccc2)OC1(C)C. The third-order valence-corrected chi connectivity index (χ3v) is 5.27. The summed E-state index contributed by atoms with van der Waals surface area (Å²) in [6, 6.07) is 19.8. The molecule has 0 spiro atoms. The van der Waals surface area contributed by atoms with Crippen molar-refractivity contribution in [2.75, 3.05) is 0 Å². The van der Waals surface area contributed by atoms with E-state index in [9.17, 15) is 5.11 Å². The summed E-state index contributed by atoms with van der Waals surface area (Å²) in [5.41, 5.74) is 1.79. The molecule has 1 aliphatic heterocycles. The van der Waals surface area contributed by atoms with Gasteiger partial charge in [-0.2, -0.15) is 0 Å². The lowest BCUT2D eigenvalue weighted by atomic mass is 9.73. The van der Waals surface area contributed by atoms with E-state index in [2.05, 4.69) is 0 Å². The number of aliphatic hydroxyl groups is 1. The van der Waals surface area contributed by atoms with Crippen LogP contribution in [-0.2, 0) is 9.31 Å². The van der Waals surface area contributed by atoms with Crippen molar-refractivity contribution >= 4 is 19.3 Å². The summed E-state index contributed by atoms with van der Waals surface area (Å²) in [5, 5.41) is 10.9. The molecule has 0 amide bonds. The minimum Gasteiger partial charge on any atom is -0.399 e. The van der Waals surface area contributed by atoms with E-state index < -0.39 is 24.4 Å². The van der Waals surface area contributed by atoms with Crippen LogP contribution >= 0.6 is 0 Å². The fraction of sp³-hybridized carbons (Fsp3) is 0.304. The van der Waals surface area contributed by atoms with Crippen LogP contribution in [-0.4, -0.2) is 29.5 Å². The molecule has 1 unspecified atom stereocenters. The first-order valence-electron chi connectivity index (χ1n) is 9.32. The van der Waals surface area contributed by atoms with Gasteiger partial charge in [-0.3, -0.25) is 0 Å². The fourth-order valence-electron chi connectivity index (χ4n) is 2.89. The average Bonchev–Trinajstić information content (AvgIpc) is 2.86. The Morgan fingerprint density at radius 2 is 1.33 bits per heavy atom. The summed E-state index contributed by atoms with van der Waals surface area (Å²) in [4.78, 5) is 0. The minimum atomic E-state index is -0.819. The zero-order valence-electron chi connectivity index (χ0n) is 16.4. The summed E-state index contributed by atoms with van der Waals surface area (Å²) in [6.45, 7) is 8.05. The first kappa shape index (κ1) is 19.6. The Kier molecular flexibility index (Phi) is 5.71. The van der Waals surface area contributed by atoms with Gasteiger partial charge >= 0.3 is 7.12 Å². The van der Waals surface area contributed by atoms with Crippen molar-refractivity contribution in [3.63, 3.8) is 0 Å². The molecule has 0 radical (unpaired) electrons. The number of hydrogen-bond donors (Lipinski definition) is 1. The molecule has 2 aromatic carbocycles. The van der Waals surface area contributed by atoms with E-state index in [1.165, 1.54) is 0 Å². The Hall–Kier alpha value is -2.14. The van der Waals surface area contributed by atoms with Crippen LogP contribution in [0.15, 0.2) is 72.2 Å². The summed E-state index contributed by atoms with van der Waals surface area (Å²) in [5.74, 6) is 0. The summed E-state index contributed by atoms with van der Waals surface area (Å²) in [6.07, 6.45) is 4.81. The van der Waals surface area contributed by atoms with Crippen LogP contribution in [0.4, 0.5) is 0 Å². The van der Waals surface area contributed by atoms with E-state index >= 15 is 0 Å². The second-order valence-corrected chi connectivity index (χ2v) is 7.86. The first-order chi connectivity index (χ1) is 12.8. The number of benzene rings is 2. The van der Waals surface area contributed by atoms with Gasteiger partial charge in [-0.1, -0.05) is 78.9 Å². The molecule has 4 heteroatoms. The van der Waals surface area contributed by atoms with Crippen LogP contribution in [0.5, 0.6) is 0 Å². The van der Waals surface area contributed by atoms with Crippen molar-refractivity contribution in [2.45, 2.75) is 45.0 Å². The highest BCUT2D eigenvalue weighted by molar-refractivity contribution is 6.56. The van der Waals surface area contributed by atoms with Crippen molar-refractivity contribution < 1.29 is 14.4 Å². The maximum absolute atomic E-state index is 10.9. The van der Waals surface area contributed by atoms with E-state index in [-0.39, 0.29) is 0 Å². The Morgan fingerprint density at radius 3 is 1.85 bits per heavy atom. The van der Waals surface area contributed by atoms with Gasteiger partial charge in [0.25, 0.3) is 0 Å². The average molecular weight is 362 g/mol. The van der Waals surface area contributed by atoms with E-state index in [1.807, 2.05) is 101 Å². The van der Waals surface area contributed by atoms with Crippen molar-refractivity contribution in [1.82, 2.24) is 0 Å². The molecule has 140 valence electrons. The normalized spacial score (nSPS) is 20.2. The molecule has 1 aliphatic rings. The van der Waals surface area contributed by atoms with E-state index in [0.29, 0.717) is 5.47 Å². The molecule has 0 aliphatic carbocycles. The second kappa shape index (κ2) is 7.85. The van der Waals surface area contributed by atoms with E-state index in [0.717, 1.165) is 11.1 Å². The largest absolute Gasteiger partial charge is 0.493 e. The quantitative estimate of drug-likeness (QED) is 0.779. The first-order valence-corrected chi connectivity index (χ1v) is 9.32. The molecule has 2 aromatic rings. The lowest BCUT2D eigenvalue weighted by Gasteiger charge is -2.32. The zero-order valence-corrected chi connectivity index (χ0v) is 16.4. The molecule has 3 nitrogen and oxygen atoms in total. The molecule has 0 bridgehead atoms. The van der Waals surface area contributed by atoms with Crippen LogP contribution in [0.1, 0.15) is 38.8 Å². The van der Waals surface area contributed by atoms with Gasteiger partial charge in [0.1, 0.15) is 0 Å². The molecule has 0 aromatic heterocycles. The highest BCUT2D eigenvalue weighted by Gasteiger charge is 2.53. The topological polar surface area (TPSA) is 38.7 Å². The predicted octanol–water partition coefficient (Wildman–Crippen LogP) is 4.78. The van der Waals surface area contributed by atoms with Gasteiger partial charge < -0.3 is 14.4 Å². The molecule has 1 fully saturated rings. The number of hydrogen-bond acceptors (Lipinski definition) is 3. The third kappa shape index (κ3) is 4.59. The third-order valence-electron chi connectivity index (χ3n) is 5.27. The summed E-state index contributed by atoms with van der Waals surface area (Å²) in [7, 11) is -0.606. The Bertz CT molecular complexity index is 794.